The number of aromatic amines is 1. The molecule has 5 nitrogen and oxygen atoms in total. The van der Waals surface area contributed by atoms with E-state index in [4.69, 9.17) is 4.74 Å². The van der Waals surface area contributed by atoms with Crippen LogP contribution in [0.4, 0.5) is 0 Å². The fraction of sp³-hybridized carbons (Fsp3) is 0.643. The largest absolute Gasteiger partial charge is 0.379 e. The van der Waals surface area contributed by atoms with Crippen LogP contribution < -0.4 is 5.32 Å². The molecule has 0 spiro atoms. The molecule has 106 valence electrons. The molecule has 1 aromatic heterocycles. The molecule has 0 radical (unpaired) electrons. The Kier molecular flexibility index (Phi) is 4.99. The van der Waals surface area contributed by atoms with Crippen molar-refractivity contribution in [1.29, 1.82) is 0 Å². The normalized spacial score (nSPS) is 16.5. The fourth-order valence-corrected chi connectivity index (χ4v) is 2.38. The van der Waals surface area contributed by atoms with Crippen LogP contribution in [0.2, 0.25) is 0 Å². The molecule has 2 rings (SSSR count). The second kappa shape index (κ2) is 6.73. The summed E-state index contributed by atoms with van der Waals surface area (Å²) in [6.45, 7) is 9.15. The molecule has 5 heteroatoms. The topological polar surface area (TPSA) is 57.4 Å². The number of carbonyl (C=O) groups is 1. The van der Waals surface area contributed by atoms with Gasteiger partial charge >= 0.3 is 0 Å². The van der Waals surface area contributed by atoms with E-state index in [0.717, 1.165) is 49.8 Å². The molecular weight excluding hydrogens is 242 g/mol. The van der Waals surface area contributed by atoms with Crippen molar-refractivity contribution < 1.29 is 9.53 Å². The van der Waals surface area contributed by atoms with Gasteiger partial charge in [-0.25, -0.2) is 0 Å². The summed E-state index contributed by atoms with van der Waals surface area (Å²) in [6.07, 6.45) is 0.458. The van der Waals surface area contributed by atoms with Gasteiger partial charge in [0.2, 0.25) is 5.91 Å². The van der Waals surface area contributed by atoms with Crippen LogP contribution in [-0.4, -0.2) is 55.2 Å². The monoisotopic (exact) mass is 265 g/mol. The van der Waals surface area contributed by atoms with Crippen molar-refractivity contribution in [1.82, 2.24) is 15.2 Å². The van der Waals surface area contributed by atoms with Crippen molar-refractivity contribution in [3.05, 3.63) is 23.0 Å². The van der Waals surface area contributed by atoms with E-state index < -0.39 is 0 Å². The molecule has 19 heavy (non-hydrogen) atoms. The first-order chi connectivity index (χ1) is 9.15. The third-order valence-corrected chi connectivity index (χ3v) is 3.46. The number of aromatic nitrogens is 1. The quantitative estimate of drug-likeness (QED) is 0.820. The molecule has 0 atom stereocenters. The van der Waals surface area contributed by atoms with Crippen LogP contribution in [0.3, 0.4) is 0 Å². The molecule has 1 aliphatic rings. The molecule has 0 aliphatic carbocycles. The Hall–Kier alpha value is -1.33. The second-order valence-corrected chi connectivity index (χ2v) is 5.08. The van der Waals surface area contributed by atoms with Gasteiger partial charge in [-0.05, 0) is 25.5 Å². The molecule has 0 aromatic carbocycles. The summed E-state index contributed by atoms with van der Waals surface area (Å²) in [6, 6.07) is 2.04. The third-order valence-electron chi connectivity index (χ3n) is 3.46. The Labute approximate surface area is 114 Å². The Bertz CT molecular complexity index is 422. The third kappa shape index (κ3) is 4.36. The van der Waals surface area contributed by atoms with E-state index in [1.54, 1.807) is 0 Å². The molecule has 0 bridgehead atoms. The molecular formula is C14H23N3O2. The van der Waals surface area contributed by atoms with Crippen LogP contribution in [0, 0.1) is 13.8 Å². The van der Waals surface area contributed by atoms with Gasteiger partial charge in [-0.15, -0.1) is 0 Å². The molecule has 1 saturated heterocycles. The van der Waals surface area contributed by atoms with Crippen molar-refractivity contribution in [2.24, 2.45) is 0 Å². The van der Waals surface area contributed by atoms with Crippen molar-refractivity contribution >= 4 is 5.91 Å². The minimum Gasteiger partial charge on any atom is -0.379 e. The first-order valence-electron chi connectivity index (χ1n) is 6.87. The van der Waals surface area contributed by atoms with E-state index in [2.05, 4.69) is 15.2 Å². The standard InChI is InChI=1S/C14H23N3O2/c1-11-9-13(12(2)16-11)10-14(18)15-3-4-17-5-7-19-8-6-17/h9,16H,3-8,10H2,1-2H3,(H,15,18). The van der Waals surface area contributed by atoms with E-state index in [9.17, 15) is 4.79 Å². The van der Waals surface area contributed by atoms with Gasteiger partial charge in [0.05, 0.1) is 19.6 Å². The number of morpholine rings is 1. The zero-order chi connectivity index (χ0) is 13.7. The highest BCUT2D eigenvalue weighted by Gasteiger charge is 2.11. The number of H-pyrrole nitrogens is 1. The summed E-state index contributed by atoms with van der Waals surface area (Å²) in [5.74, 6) is 0.0929. The van der Waals surface area contributed by atoms with Crippen molar-refractivity contribution in [3.8, 4) is 0 Å². The summed E-state index contributed by atoms with van der Waals surface area (Å²) in [4.78, 5) is 17.4. The first kappa shape index (κ1) is 14.1. The van der Waals surface area contributed by atoms with Crippen LogP contribution in [0.25, 0.3) is 0 Å². The van der Waals surface area contributed by atoms with Crippen LogP contribution >= 0.6 is 0 Å². The zero-order valence-corrected chi connectivity index (χ0v) is 11.8. The average molecular weight is 265 g/mol. The summed E-state index contributed by atoms with van der Waals surface area (Å²) < 4.78 is 5.29. The lowest BCUT2D eigenvalue weighted by Crippen LogP contribution is -2.41. The van der Waals surface area contributed by atoms with Gasteiger partial charge in [0.1, 0.15) is 0 Å². The lowest BCUT2D eigenvalue weighted by Gasteiger charge is -2.26. The lowest BCUT2D eigenvalue weighted by atomic mass is 10.1. The zero-order valence-electron chi connectivity index (χ0n) is 11.8. The molecule has 1 amide bonds. The maximum absolute atomic E-state index is 11.8. The predicted octanol–water partition coefficient (Wildman–Crippen LogP) is 0.622. The maximum Gasteiger partial charge on any atom is 0.224 e. The molecule has 0 unspecified atom stereocenters. The molecule has 2 N–H and O–H groups in total. The fourth-order valence-electron chi connectivity index (χ4n) is 2.38. The van der Waals surface area contributed by atoms with Crippen LogP contribution in [0.5, 0.6) is 0 Å². The van der Waals surface area contributed by atoms with Crippen LogP contribution in [0.15, 0.2) is 6.07 Å². The predicted molar refractivity (Wildman–Crippen MR) is 74.2 cm³/mol. The Morgan fingerprint density at radius 1 is 1.42 bits per heavy atom. The van der Waals surface area contributed by atoms with Crippen LogP contribution in [-0.2, 0) is 16.0 Å². The Morgan fingerprint density at radius 3 is 2.79 bits per heavy atom. The van der Waals surface area contributed by atoms with Gasteiger partial charge in [0.15, 0.2) is 0 Å². The Balaban J connectivity index is 1.68. The lowest BCUT2D eigenvalue weighted by molar-refractivity contribution is -0.120. The first-order valence-corrected chi connectivity index (χ1v) is 6.87. The smallest absolute Gasteiger partial charge is 0.224 e. The van der Waals surface area contributed by atoms with E-state index >= 15 is 0 Å². The highest BCUT2D eigenvalue weighted by Crippen LogP contribution is 2.09. The van der Waals surface area contributed by atoms with Gasteiger partial charge in [0.25, 0.3) is 0 Å². The minimum absolute atomic E-state index is 0.0929. The van der Waals surface area contributed by atoms with Crippen LogP contribution in [0.1, 0.15) is 17.0 Å². The highest BCUT2D eigenvalue weighted by atomic mass is 16.5. The summed E-state index contributed by atoms with van der Waals surface area (Å²) in [7, 11) is 0. The van der Waals surface area contributed by atoms with E-state index in [0.29, 0.717) is 13.0 Å². The SMILES string of the molecule is Cc1cc(CC(=O)NCCN2CCOCC2)c(C)[nH]1. The molecule has 2 heterocycles. The molecule has 1 aromatic rings. The van der Waals surface area contributed by atoms with Gasteiger partial charge in [-0.2, -0.15) is 0 Å². The number of hydrogen-bond acceptors (Lipinski definition) is 3. The van der Waals surface area contributed by atoms with E-state index in [1.165, 1.54) is 0 Å². The summed E-state index contributed by atoms with van der Waals surface area (Å²) >= 11 is 0. The molecule has 0 saturated carbocycles. The highest BCUT2D eigenvalue weighted by molar-refractivity contribution is 5.78. The van der Waals surface area contributed by atoms with E-state index in [-0.39, 0.29) is 5.91 Å². The minimum atomic E-state index is 0.0929. The average Bonchev–Trinajstić information content (AvgIpc) is 2.69. The van der Waals surface area contributed by atoms with Crippen molar-refractivity contribution in [2.75, 3.05) is 39.4 Å². The number of aryl methyl sites for hydroxylation is 2. The van der Waals surface area contributed by atoms with Crippen molar-refractivity contribution in [2.45, 2.75) is 20.3 Å². The molecule has 1 aliphatic heterocycles. The number of nitrogens with one attached hydrogen (secondary N) is 2. The van der Waals surface area contributed by atoms with Gasteiger partial charge in [-0.3, -0.25) is 9.69 Å². The maximum atomic E-state index is 11.8. The number of carbonyl (C=O) groups excluding carboxylic acids is 1. The number of nitrogens with zero attached hydrogens (tertiary/aromatic N) is 1. The van der Waals surface area contributed by atoms with E-state index in [1.807, 2.05) is 19.9 Å². The van der Waals surface area contributed by atoms with Gasteiger partial charge in [-0.1, -0.05) is 0 Å². The Morgan fingerprint density at radius 2 is 2.16 bits per heavy atom. The summed E-state index contributed by atoms with van der Waals surface area (Å²) in [5.41, 5.74) is 3.27. The van der Waals surface area contributed by atoms with Gasteiger partial charge in [0, 0.05) is 37.6 Å². The number of rotatable bonds is 5. The second-order valence-electron chi connectivity index (χ2n) is 5.08. The number of amides is 1. The summed E-state index contributed by atoms with van der Waals surface area (Å²) in [5, 5.41) is 2.98. The van der Waals surface area contributed by atoms with Crippen molar-refractivity contribution in [3.63, 3.8) is 0 Å². The number of hydrogen-bond donors (Lipinski definition) is 2. The molecule has 1 fully saturated rings. The van der Waals surface area contributed by atoms with Gasteiger partial charge < -0.3 is 15.0 Å². The number of ether oxygens (including phenoxy) is 1.